The number of hydrogen-bond acceptors (Lipinski definition) is 3. The van der Waals surface area contributed by atoms with Gasteiger partial charge in [-0.2, -0.15) is 0 Å². The van der Waals surface area contributed by atoms with E-state index in [1.54, 1.807) is 25.3 Å². The number of carbonyl (C=O) groups excluding carboxylic acids is 1. The zero-order valence-corrected chi connectivity index (χ0v) is 13.5. The standard InChI is InChI=1S/C19H20N2O3/c1-24-18-6-4-16(11-15(18)12-22)21-19(23)7-3-13-2-5-17-14(10-13)8-9-20-17/h2,4-6,8-11,20,22H,3,7,12H2,1H3,(H,21,23). The van der Waals surface area contributed by atoms with Gasteiger partial charge in [-0.1, -0.05) is 6.07 Å². The van der Waals surface area contributed by atoms with Gasteiger partial charge in [0.15, 0.2) is 0 Å². The van der Waals surface area contributed by atoms with Gasteiger partial charge in [0.1, 0.15) is 5.75 Å². The fourth-order valence-electron chi connectivity index (χ4n) is 2.72. The molecule has 24 heavy (non-hydrogen) atoms. The minimum absolute atomic E-state index is 0.0572. The summed E-state index contributed by atoms with van der Waals surface area (Å²) in [5.41, 5.74) is 3.53. The molecule has 0 atom stereocenters. The summed E-state index contributed by atoms with van der Waals surface area (Å²) < 4.78 is 5.15. The number of methoxy groups -OCH3 is 1. The Morgan fingerprint density at radius 3 is 2.88 bits per heavy atom. The van der Waals surface area contributed by atoms with Crippen molar-refractivity contribution in [1.82, 2.24) is 4.98 Å². The number of hydrogen-bond donors (Lipinski definition) is 3. The van der Waals surface area contributed by atoms with Crippen LogP contribution in [-0.4, -0.2) is 23.1 Å². The molecule has 124 valence electrons. The number of aryl methyl sites for hydroxylation is 1. The molecule has 1 heterocycles. The van der Waals surface area contributed by atoms with Crippen molar-refractivity contribution in [2.75, 3.05) is 12.4 Å². The molecular weight excluding hydrogens is 304 g/mol. The smallest absolute Gasteiger partial charge is 0.224 e. The van der Waals surface area contributed by atoms with E-state index in [-0.39, 0.29) is 12.5 Å². The number of aromatic nitrogens is 1. The van der Waals surface area contributed by atoms with Crippen LogP contribution in [0.25, 0.3) is 10.9 Å². The highest BCUT2D eigenvalue weighted by molar-refractivity contribution is 5.91. The maximum Gasteiger partial charge on any atom is 0.224 e. The lowest BCUT2D eigenvalue weighted by Gasteiger charge is -2.10. The third-order valence-electron chi connectivity index (χ3n) is 3.99. The van der Waals surface area contributed by atoms with Gasteiger partial charge in [-0.15, -0.1) is 0 Å². The Balaban J connectivity index is 1.61. The maximum atomic E-state index is 12.1. The van der Waals surface area contributed by atoms with Crippen LogP contribution in [0, 0.1) is 0 Å². The lowest BCUT2D eigenvalue weighted by Crippen LogP contribution is -2.12. The number of anilines is 1. The molecule has 0 bridgehead atoms. The first-order valence-corrected chi connectivity index (χ1v) is 7.83. The van der Waals surface area contributed by atoms with E-state index in [0.29, 0.717) is 29.8 Å². The lowest BCUT2D eigenvalue weighted by atomic mass is 10.1. The summed E-state index contributed by atoms with van der Waals surface area (Å²) >= 11 is 0. The molecule has 1 amide bonds. The Labute approximate surface area is 140 Å². The first-order valence-electron chi connectivity index (χ1n) is 7.83. The van der Waals surface area contributed by atoms with Crippen LogP contribution >= 0.6 is 0 Å². The average Bonchev–Trinajstić information content (AvgIpc) is 3.07. The topological polar surface area (TPSA) is 74.3 Å². The van der Waals surface area contributed by atoms with Crippen molar-refractivity contribution in [2.45, 2.75) is 19.4 Å². The third-order valence-corrected chi connectivity index (χ3v) is 3.99. The number of amides is 1. The summed E-state index contributed by atoms with van der Waals surface area (Å²) in [7, 11) is 1.55. The van der Waals surface area contributed by atoms with Crippen molar-refractivity contribution in [3.05, 3.63) is 59.8 Å². The Bertz CT molecular complexity index is 855. The average molecular weight is 324 g/mol. The third kappa shape index (κ3) is 3.58. The van der Waals surface area contributed by atoms with E-state index >= 15 is 0 Å². The molecule has 5 heteroatoms. The predicted molar refractivity (Wildman–Crippen MR) is 94.2 cm³/mol. The van der Waals surface area contributed by atoms with E-state index in [9.17, 15) is 9.90 Å². The van der Waals surface area contributed by atoms with E-state index < -0.39 is 0 Å². The molecule has 0 aliphatic rings. The Morgan fingerprint density at radius 2 is 2.08 bits per heavy atom. The van der Waals surface area contributed by atoms with E-state index in [1.165, 1.54) is 0 Å². The fourth-order valence-corrected chi connectivity index (χ4v) is 2.72. The molecule has 5 nitrogen and oxygen atoms in total. The molecule has 0 saturated carbocycles. The summed E-state index contributed by atoms with van der Waals surface area (Å²) in [5, 5.41) is 13.3. The monoisotopic (exact) mass is 324 g/mol. The Morgan fingerprint density at radius 1 is 1.21 bits per heavy atom. The summed E-state index contributed by atoms with van der Waals surface area (Å²) in [6, 6.07) is 13.4. The molecule has 0 saturated heterocycles. The van der Waals surface area contributed by atoms with Crippen LogP contribution in [0.4, 0.5) is 5.69 Å². The van der Waals surface area contributed by atoms with Gasteiger partial charge < -0.3 is 20.1 Å². The highest BCUT2D eigenvalue weighted by Gasteiger charge is 2.07. The molecule has 3 aromatic rings. The van der Waals surface area contributed by atoms with Crippen molar-refractivity contribution in [1.29, 1.82) is 0 Å². The summed E-state index contributed by atoms with van der Waals surface area (Å²) in [6.07, 6.45) is 2.98. The van der Waals surface area contributed by atoms with Gasteiger partial charge in [0.2, 0.25) is 5.91 Å². The number of rotatable bonds is 6. The Kier molecular flexibility index (Phi) is 4.82. The molecule has 0 aliphatic heterocycles. The van der Waals surface area contributed by atoms with Gasteiger partial charge in [0.05, 0.1) is 13.7 Å². The molecule has 1 aromatic heterocycles. The number of ether oxygens (including phenoxy) is 1. The molecule has 0 fully saturated rings. The zero-order valence-electron chi connectivity index (χ0n) is 13.5. The number of aliphatic hydroxyl groups is 1. The molecule has 0 unspecified atom stereocenters. The summed E-state index contributed by atoms with van der Waals surface area (Å²) in [4.78, 5) is 15.3. The van der Waals surface area contributed by atoms with Crippen LogP contribution in [0.1, 0.15) is 17.5 Å². The van der Waals surface area contributed by atoms with Crippen LogP contribution in [0.3, 0.4) is 0 Å². The van der Waals surface area contributed by atoms with Crippen molar-refractivity contribution < 1.29 is 14.6 Å². The number of aliphatic hydroxyl groups excluding tert-OH is 1. The molecule has 0 radical (unpaired) electrons. The van der Waals surface area contributed by atoms with Crippen molar-refractivity contribution in [3.8, 4) is 5.75 Å². The number of benzene rings is 2. The van der Waals surface area contributed by atoms with Crippen LogP contribution in [0.5, 0.6) is 5.75 Å². The van der Waals surface area contributed by atoms with Crippen LogP contribution in [0.2, 0.25) is 0 Å². The largest absolute Gasteiger partial charge is 0.496 e. The minimum Gasteiger partial charge on any atom is -0.496 e. The fraction of sp³-hybridized carbons (Fsp3) is 0.211. The normalized spacial score (nSPS) is 10.8. The molecule has 2 aromatic carbocycles. The van der Waals surface area contributed by atoms with E-state index in [4.69, 9.17) is 4.74 Å². The molecule has 0 spiro atoms. The predicted octanol–water partition coefficient (Wildman–Crippen LogP) is 3.24. The molecule has 3 N–H and O–H groups in total. The highest BCUT2D eigenvalue weighted by Crippen LogP contribution is 2.23. The maximum absolute atomic E-state index is 12.1. The van der Waals surface area contributed by atoms with Gasteiger partial charge in [-0.3, -0.25) is 4.79 Å². The number of H-pyrrole nitrogens is 1. The van der Waals surface area contributed by atoms with Gasteiger partial charge in [0.25, 0.3) is 0 Å². The number of nitrogens with one attached hydrogen (secondary N) is 2. The minimum atomic E-state index is -0.135. The van der Waals surface area contributed by atoms with E-state index in [2.05, 4.69) is 16.4 Å². The SMILES string of the molecule is COc1ccc(NC(=O)CCc2ccc3[nH]ccc3c2)cc1CO. The number of fused-ring (bicyclic) bond motifs is 1. The molecule has 0 aliphatic carbocycles. The summed E-state index contributed by atoms with van der Waals surface area (Å²) in [5.74, 6) is 0.550. The van der Waals surface area contributed by atoms with Crippen molar-refractivity contribution >= 4 is 22.5 Å². The van der Waals surface area contributed by atoms with E-state index in [1.807, 2.05) is 24.4 Å². The van der Waals surface area contributed by atoms with Gasteiger partial charge >= 0.3 is 0 Å². The molecule has 3 rings (SSSR count). The quantitative estimate of drug-likeness (QED) is 0.651. The zero-order chi connectivity index (χ0) is 16.9. The van der Waals surface area contributed by atoms with Crippen LogP contribution in [0.15, 0.2) is 48.7 Å². The first kappa shape index (κ1) is 16.1. The van der Waals surface area contributed by atoms with Gasteiger partial charge in [0, 0.05) is 29.4 Å². The second-order valence-corrected chi connectivity index (χ2v) is 5.63. The first-order chi connectivity index (χ1) is 11.7. The van der Waals surface area contributed by atoms with Crippen molar-refractivity contribution in [2.24, 2.45) is 0 Å². The van der Waals surface area contributed by atoms with Crippen molar-refractivity contribution in [3.63, 3.8) is 0 Å². The highest BCUT2D eigenvalue weighted by atomic mass is 16.5. The van der Waals surface area contributed by atoms with Crippen LogP contribution < -0.4 is 10.1 Å². The Hall–Kier alpha value is -2.79. The lowest BCUT2D eigenvalue weighted by molar-refractivity contribution is -0.116. The van der Waals surface area contributed by atoms with Gasteiger partial charge in [-0.05, 0) is 53.8 Å². The molecular formula is C19H20N2O3. The number of carbonyl (C=O) groups is 1. The summed E-state index contributed by atoms with van der Waals surface area (Å²) in [6.45, 7) is -0.135. The van der Waals surface area contributed by atoms with Gasteiger partial charge in [-0.25, -0.2) is 0 Å². The van der Waals surface area contributed by atoms with E-state index in [0.717, 1.165) is 16.5 Å². The van der Waals surface area contributed by atoms with Crippen LogP contribution in [-0.2, 0) is 17.8 Å². The number of aromatic amines is 1. The second kappa shape index (κ2) is 7.19. The second-order valence-electron chi connectivity index (χ2n) is 5.63.